The first-order valence-corrected chi connectivity index (χ1v) is 10.4. The number of carbonyl (C=O) groups is 1. The first-order chi connectivity index (χ1) is 14.5. The van der Waals surface area contributed by atoms with E-state index >= 15 is 0 Å². The van der Waals surface area contributed by atoms with Crippen LogP contribution in [-0.2, 0) is 11.2 Å². The van der Waals surface area contributed by atoms with Gasteiger partial charge < -0.3 is 10.1 Å². The summed E-state index contributed by atoms with van der Waals surface area (Å²) in [5.74, 6) is -0.371. The molecule has 4 rings (SSSR count). The number of carbonyl (C=O) groups excluding carboxylic acids is 1. The third kappa shape index (κ3) is 4.27. The second-order valence-corrected chi connectivity index (χ2v) is 7.99. The summed E-state index contributed by atoms with van der Waals surface area (Å²) in [6.07, 6.45) is 2.06. The first kappa shape index (κ1) is 20.3. The summed E-state index contributed by atoms with van der Waals surface area (Å²) in [6, 6.07) is 14.2. The van der Waals surface area contributed by atoms with E-state index in [2.05, 4.69) is 15.3 Å². The Morgan fingerprint density at radius 3 is 2.77 bits per heavy atom. The van der Waals surface area contributed by atoms with E-state index in [1.165, 1.54) is 29.8 Å². The lowest BCUT2D eigenvalue weighted by Crippen LogP contribution is -2.07. The molecule has 152 valence electrons. The number of hydrogen-bond acceptors (Lipinski definition) is 6. The molecule has 0 saturated heterocycles. The standard InChI is InChI=1S/C22H17ClFN3O2S/c1-13-18-20(27-15-7-8-17(24)16(23)11-15)25-12-26-21(18)30-19(13)22(28)29-10-9-14-5-3-2-4-6-14/h2-8,11-12H,9-10H2,1H3,(H,25,26,27). The van der Waals surface area contributed by atoms with Crippen molar-refractivity contribution in [2.24, 2.45) is 0 Å². The molecule has 4 aromatic rings. The number of esters is 1. The molecule has 2 aromatic heterocycles. The van der Waals surface area contributed by atoms with Crippen molar-refractivity contribution < 1.29 is 13.9 Å². The summed E-state index contributed by atoms with van der Waals surface area (Å²) in [5.41, 5.74) is 2.42. The number of aromatic nitrogens is 2. The smallest absolute Gasteiger partial charge is 0.348 e. The summed E-state index contributed by atoms with van der Waals surface area (Å²) in [4.78, 5) is 22.3. The number of thiophene rings is 1. The van der Waals surface area contributed by atoms with Gasteiger partial charge in [0.05, 0.1) is 17.0 Å². The van der Waals surface area contributed by atoms with Gasteiger partial charge in [0.25, 0.3) is 0 Å². The van der Waals surface area contributed by atoms with E-state index in [4.69, 9.17) is 16.3 Å². The number of halogens is 2. The summed E-state index contributed by atoms with van der Waals surface area (Å²) in [6.45, 7) is 2.13. The van der Waals surface area contributed by atoms with Crippen LogP contribution < -0.4 is 5.32 Å². The molecule has 0 amide bonds. The van der Waals surface area contributed by atoms with E-state index in [9.17, 15) is 9.18 Å². The Balaban J connectivity index is 1.55. The fourth-order valence-corrected chi connectivity index (χ4v) is 4.27. The third-order valence-electron chi connectivity index (χ3n) is 4.56. The monoisotopic (exact) mass is 441 g/mol. The van der Waals surface area contributed by atoms with Crippen molar-refractivity contribution in [3.63, 3.8) is 0 Å². The number of hydrogen-bond donors (Lipinski definition) is 1. The molecule has 0 fully saturated rings. The summed E-state index contributed by atoms with van der Waals surface area (Å²) in [5, 5.41) is 3.85. The lowest BCUT2D eigenvalue weighted by Gasteiger charge is -2.08. The fourth-order valence-electron chi connectivity index (χ4n) is 3.04. The highest BCUT2D eigenvalue weighted by atomic mass is 35.5. The predicted molar refractivity (Wildman–Crippen MR) is 117 cm³/mol. The second-order valence-electron chi connectivity index (χ2n) is 6.58. The number of rotatable bonds is 6. The van der Waals surface area contributed by atoms with Crippen LogP contribution in [0.4, 0.5) is 15.9 Å². The van der Waals surface area contributed by atoms with Gasteiger partial charge in [-0.05, 0) is 36.2 Å². The van der Waals surface area contributed by atoms with Crippen LogP contribution in [0.5, 0.6) is 0 Å². The maximum absolute atomic E-state index is 13.4. The summed E-state index contributed by atoms with van der Waals surface area (Å²) < 4.78 is 18.9. The van der Waals surface area contributed by atoms with Crippen molar-refractivity contribution in [1.82, 2.24) is 9.97 Å². The van der Waals surface area contributed by atoms with Gasteiger partial charge in [0.15, 0.2) is 0 Å². The topological polar surface area (TPSA) is 64.1 Å². The molecule has 30 heavy (non-hydrogen) atoms. The predicted octanol–water partition coefficient (Wildman–Crippen LogP) is 5.94. The van der Waals surface area contributed by atoms with Gasteiger partial charge >= 0.3 is 5.97 Å². The first-order valence-electron chi connectivity index (χ1n) is 9.20. The van der Waals surface area contributed by atoms with Crippen LogP contribution in [0.25, 0.3) is 10.2 Å². The van der Waals surface area contributed by atoms with Crippen LogP contribution in [0.2, 0.25) is 5.02 Å². The van der Waals surface area contributed by atoms with Crippen molar-refractivity contribution in [2.75, 3.05) is 11.9 Å². The fraction of sp³-hybridized carbons (Fsp3) is 0.136. The molecule has 0 radical (unpaired) electrons. The number of nitrogens with zero attached hydrogens (tertiary/aromatic N) is 2. The van der Waals surface area contributed by atoms with Crippen LogP contribution in [-0.4, -0.2) is 22.5 Å². The van der Waals surface area contributed by atoms with E-state index in [1.54, 1.807) is 6.07 Å². The second kappa shape index (κ2) is 8.77. The molecule has 1 N–H and O–H groups in total. The van der Waals surface area contributed by atoms with Gasteiger partial charge in [-0.3, -0.25) is 0 Å². The van der Waals surface area contributed by atoms with Crippen molar-refractivity contribution in [2.45, 2.75) is 13.3 Å². The molecule has 0 atom stereocenters. The Kier molecular flexibility index (Phi) is 5.92. The van der Waals surface area contributed by atoms with Gasteiger partial charge in [-0.1, -0.05) is 41.9 Å². The normalized spacial score (nSPS) is 10.9. The lowest BCUT2D eigenvalue weighted by molar-refractivity contribution is 0.0514. The molecular formula is C22H17ClFN3O2S. The summed E-state index contributed by atoms with van der Waals surface area (Å²) in [7, 11) is 0. The van der Waals surface area contributed by atoms with E-state index in [1.807, 2.05) is 37.3 Å². The molecule has 0 spiro atoms. The van der Waals surface area contributed by atoms with Gasteiger partial charge in [-0.2, -0.15) is 0 Å². The number of ether oxygens (including phenoxy) is 1. The van der Waals surface area contributed by atoms with Crippen LogP contribution >= 0.6 is 22.9 Å². The number of nitrogens with one attached hydrogen (secondary N) is 1. The van der Waals surface area contributed by atoms with E-state index in [0.717, 1.165) is 16.5 Å². The largest absolute Gasteiger partial charge is 0.461 e. The van der Waals surface area contributed by atoms with Crippen LogP contribution in [0.15, 0.2) is 54.9 Å². The van der Waals surface area contributed by atoms with Crippen molar-refractivity contribution in [3.05, 3.63) is 81.7 Å². The van der Waals surface area contributed by atoms with Gasteiger partial charge in [0, 0.05) is 12.1 Å². The van der Waals surface area contributed by atoms with Crippen LogP contribution in [0.1, 0.15) is 20.8 Å². The van der Waals surface area contributed by atoms with E-state index in [-0.39, 0.29) is 11.0 Å². The molecule has 8 heteroatoms. The maximum Gasteiger partial charge on any atom is 0.348 e. The zero-order chi connectivity index (χ0) is 21.1. The highest BCUT2D eigenvalue weighted by molar-refractivity contribution is 7.20. The van der Waals surface area contributed by atoms with Gasteiger partial charge in [-0.25, -0.2) is 19.2 Å². The minimum absolute atomic E-state index is 0.00928. The zero-order valence-electron chi connectivity index (χ0n) is 16.0. The number of benzene rings is 2. The average molecular weight is 442 g/mol. The maximum atomic E-state index is 13.4. The SMILES string of the molecule is Cc1c(C(=O)OCCc2ccccc2)sc2ncnc(Nc3ccc(F)c(Cl)c3)c12. The number of fused-ring (bicyclic) bond motifs is 1. The number of anilines is 2. The van der Waals surface area contributed by atoms with E-state index < -0.39 is 5.82 Å². The van der Waals surface area contributed by atoms with Crippen LogP contribution in [0, 0.1) is 12.7 Å². The van der Waals surface area contributed by atoms with Crippen molar-refractivity contribution >= 4 is 50.6 Å². The van der Waals surface area contributed by atoms with Gasteiger partial charge in [-0.15, -0.1) is 11.3 Å². The Morgan fingerprint density at radius 2 is 2.00 bits per heavy atom. The van der Waals surface area contributed by atoms with Crippen molar-refractivity contribution in [1.29, 1.82) is 0 Å². The zero-order valence-corrected chi connectivity index (χ0v) is 17.6. The molecule has 0 aliphatic rings. The molecule has 0 aliphatic carbocycles. The average Bonchev–Trinajstić information content (AvgIpc) is 3.09. The van der Waals surface area contributed by atoms with Crippen molar-refractivity contribution in [3.8, 4) is 0 Å². The van der Waals surface area contributed by atoms with Gasteiger partial charge in [0.2, 0.25) is 0 Å². The highest BCUT2D eigenvalue weighted by Gasteiger charge is 2.20. The molecule has 2 heterocycles. The highest BCUT2D eigenvalue weighted by Crippen LogP contribution is 2.35. The Labute approximate surface area is 181 Å². The minimum atomic E-state index is -0.498. The number of aryl methyl sites for hydroxylation is 1. The Morgan fingerprint density at radius 1 is 1.20 bits per heavy atom. The minimum Gasteiger partial charge on any atom is -0.461 e. The third-order valence-corrected chi connectivity index (χ3v) is 6.03. The lowest BCUT2D eigenvalue weighted by atomic mass is 10.2. The molecule has 0 aliphatic heterocycles. The van der Waals surface area contributed by atoms with E-state index in [0.29, 0.717) is 34.2 Å². The Hall–Kier alpha value is -3.03. The quantitative estimate of drug-likeness (QED) is 0.375. The van der Waals surface area contributed by atoms with Crippen LogP contribution in [0.3, 0.4) is 0 Å². The molecule has 0 saturated carbocycles. The molecule has 5 nitrogen and oxygen atoms in total. The molecule has 0 bridgehead atoms. The molecule has 0 unspecified atom stereocenters. The van der Waals surface area contributed by atoms with Gasteiger partial charge in [0.1, 0.15) is 27.7 Å². The molecular weight excluding hydrogens is 425 g/mol. The summed E-state index contributed by atoms with van der Waals surface area (Å²) >= 11 is 7.12. The Bertz CT molecular complexity index is 1210. The molecule has 2 aromatic carbocycles.